The van der Waals surface area contributed by atoms with Crippen molar-refractivity contribution < 1.29 is 14.6 Å². The summed E-state index contributed by atoms with van der Waals surface area (Å²) >= 11 is 4.14. The smallest absolute Gasteiger partial charge is 0.310 e. The van der Waals surface area contributed by atoms with Crippen molar-refractivity contribution in [2.45, 2.75) is 33.8 Å². The van der Waals surface area contributed by atoms with E-state index in [1.807, 2.05) is 11.8 Å². The molecule has 0 amide bonds. The first-order chi connectivity index (χ1) is 9.29. The van der Waals surface area contributed by atoms with E-state index in [1.165, 1.54) is 0 Å². The molecule has 4 rings (SSSR count). The highest BCUT2D eigenvalue weighted by molar-refractivity contribution is 8.03. The molecule has 4 heterocycles. The number of fused-ring (bicyclic) bond motifs is 9. The predicted octanol–water partition coefficient (Wildman–Crippen LogP) is 1.70. The number of carbonyl (C=O) groups is 1. The Morgan fingerprint density at radius 2 is 2.05 bits per heavy atom. The topological polar surface area (TPSA) is 46.5 Å². The lowest BCUT2D eigenvalue weighted by Crippen LogP contribution is -2.41. The van der Waals surface area contributed by atoms with Crippen LogP contribution in [0.4, 0.5) is 0 Å². The molecule has 0 aromatic heterocycles. The van der Waals surface area contributed by atoms with Gasteiger partial charge in [-0.15, -0.1) is 11.8 Å². The van der Waals surface area contributed by atoms with E-state index < -0.39 is 0 Å². The second-order valence-electron chi connectivity index (χ2n) is 5.83. The summed E-state index contributed by atoms with van der Waals surface area (Å²) < 4.78 is 5.31. The molecule has 19 heavy (non-hydrogen) atoms. The first-order valence-electron chi connectivity index (χ1n) is 7.06. The fourth-order valence-corrected chi connectivity index (χ4v) is 8.36. The molecule has 4 aliphatic rings. The molecule has 3 saturated heterocycles. The third-order valence-corrected chi connectivity index (χ3v) is 8.27. The summed E-state index contributed by atoms with van der Waals surface area (Å²) in [5, 5.41) is 11.2. The van der Waals surface area contributed by atoms with Crippen molar-refractivity contribution >= 4 is 29.5 Å². The minimum absolute atomic E-state index is 0.0244. The molecule has 0 aliphatic carbocycles. The molecule has 3 nitrogen and oxygen atoms in total. The van der Waals surface area contributed by atoms with Gasteiger partial charge < -0.3 is 9.84 Å². The molecule has 7 unspecified atom stereocenters. The van der Waals surface area contributed by atoms with Crippen molar-refractivity contribution in [3.05, 3.63) is 12.2 Å². The minimum Gasteiger partial charge on any atom is -0.465 e. The van der Waals surface area contributed by atoms with Crippen LogP contribution in [0.2, 0.25) is 0 Å². The number of rotatable bonds is 4. The van der Waals surface area contributed by atoms with Gasteiger partial charge in [0.2, 0.25) is 0 Å². The molecule has 7 atom stereocenters. The Balaban J connectivity index is 1.45. The van der Waals surface area contributed by atoms with Gasteiger partial charge >= 0.3 is 5.97 Å². The Morgan fingerprint density at radius 3 is 2.84 bits per heavy atom. The number of aliphatic hydroxyl groups excluding tert-OH is 1. The summed E-state index contributed by atoms with van der Waals surface area (Å²) in [4.78, 5) is 12.2. The highest BCUT2D eigenvalue weighted by Crippen LogP contribution is 2.66. The molecule has 0 aromatic carbocycles. The van der Waals surface area contributed by atoms with Crippen molar-refractivity contribution in [1.29, 1.82) is 0 Å². The van der Waals surface area contributed by atoms with E-state index in [9.17, 15) is 4.79 Å². The van der Waals surface area contributed by atoms with E-state index in [-0.39, 0.29) is 18.5 Å². The third-order valence-electron chi connectivity index (χ3n) is 4.88. The van der Waals surface area contributed by atoms with Gasteiger partial charge in [-0.05, 0) is 18.3 Å². The van der Waals surface area contributed by atoms with Crippen LogP contribution in [0.5, 0.6) is 0 Å². The predicted molar refractivity (Wildman–Crippen MR) is 77.2 cm³/mol. The number of hydrogen-bond acceptors (Lipinski definition) is 5. The van der Waals surface area contributed by atoms with E-state index in [0.717, 1.165) is 12.3 Å². The monoisotopic (exact) mass is 298 g/mol. The molecule has 4 bridgehead atoms. The number of carbonyl (C=O) groups excluding carboxylic acids is 1. The summed E-state index contributed by atoms with van der Waals surface area (Å²) in [6.07, 6.45) is 6.29. The lowest BCUT2D eigenvalue weighted by molar-refractivity contribution is -0.149. The molecule has 1 N–H and O–H groups in total. The normalized spacial score (nSPS) is 48.8. The van der Waals surface area contributed by atoms with Crippen LogP contribution in [0.3, 0.4) is 0 Å². The lowest BCUT2D eigenvalue weighted by atomic mass is 9.69. The van der Waals surface area contributed by atoms with Crippen molar-refractivity contribution in [1.82, 2.24) is 0 Å². The van der Waals surface area contributed by atoms with Gasteiger partial charge in [0.1, 0.15) is 0 Å². The summed E-state index contributed by atoms with van der Waals surface area (Å²) in [5.74, 6) is 1.57. The number of aliphatic hydroxyl groups is 1. The highest BCUT2D eigenvalue weighted by Gasteiger charge is 2.63. The molecular weight excluding hydrogens is 280 g/mol. The fraction of sp³-hybridized carbons (Fsp3) is 0.786. The molecule has 0 aromatic rings. The summed E-state index contributed by atoms with van der Waals surface area (Å²) in [7, 11) is 0. The van der Waals surface area contributed by atoms with Crippen LogP contribution in [-0.4, -0.2) is 45.3 Å². The van der Waals surface area contributed by atoms with Gasteiger partial charge in [-0.3, -0.25) is 4.79 Å². The van der Waals surface area contributed by atoms with Crippen LogP contribution in [-0.2, 0) is 9.53 Å². The van der Waals surface area contributed by atoms with Crippen molar-refractivity contribution in [3.63, 3.8) is 0 Å². The SMILES string of the molecule is O=C(OCCCO)C1CC2SC1C1C3C=CC(S3)C21. The fourth-order valence-electron chi connectivity index (χ4n) is 4.15. The molecule has 0 saturated carbocycles. The second kappa shape index (κ2) is 4.71. The van der Waals surface area contributed by atoms with Gasteiger partial charge in [0.25, 0.3) is 0 Å². The Morgan fingerprint density at radius 1 is 1.26 bits per heavy atom. The van der Waals surface area contributed by atoms with Crippen molar-refractivity contribution in [2.75, 3.05) is 13.2 Å². The van der Waals surface area contributed by atoms with Gasteiger partial charge in [-0.2, -0.15) is 11.8 Å². The molecule has 0 radical (unpaired) electrons. The Labute approximate surface area is 121 Å². The first-order valence-corrected chi connectivity index (χ1v) is 8.95. The van der Waals surface area contributed by atoms with Crippen LogP contribution in [0.1, 0.15) is 12.8 Å². The summed E-state index contributed by atoms with van der Waals surface area (Å²) in [5.41, 5.74) is 0. The number of esters is 1. The Hall–Kier alpha value is -0.130. The average Bonchev–Trinajstić information content (AvgIpc) is 3.16. The van der Waals surface area contributed by atoms with Gasteiger partial charge in [0.05, 0.1) is 12.5 Å². The maximum Gasteiger partial charge on any atom is 0.310 e. The quantitative estimate of drug-likeness (QED) is 0.486. The van der Waals surface area contributed by atoms with Crippen LogP contribution >= 0.6 is 23.5 Å². The molecule has 0 spiro atoms. The minimum atomic E-state index is -0.0244. The zero-order chi connectivity index (χ0) is 13.0. The zero-order valence-corrected chi connectivity index (χ0v) is 12.2. The molecule has 4 aliphatic heterocycles. The van der Waals surface area contributed by atoms with Gasteiger partial charge in [0.15, 0.2) is 0 Å². The van der Waals surface area contributed by atoms with Gasteiger partial charge in [0, 0.05) is 34.0 Å². The van der Waals surface area contributed by atoms with Crippen LogP contribution < -0.4 is 0 Å². The maximum absolute atomic E-state index is 12.2. The van der Waals surface area contributed by atoms with Crippen molar-refractivity contribution in [2.24, 2.45) is 17.8 Å². The Bertz CT molecular complexity index is 425. The second-order valence-corrected chi connectivity index (χ2v) is 8.61. The largest absolute Gasteiger partial charge is 0.465 e. The number of ether oxygens (including phenoxy) is 1. The first kappa shape index (κ1) is 12.6. The lowest BCUT2D eigenvalue weighted by Gasteiger charge is -2.33. The highest BCUT2D eigenvalue weighted by atomic mass is 32.2. The van der Waals surface area contributed by atoms with Crippen LogP contribution in [0.15, 0.2) is 12.2 Å². The van der Waals surface area contributed by atoms with E-state index in [2.05, 4.69) is 23.9 Å². The number of thioether (sulfide) groups is 2. The molecule has 5 heteroatoms. The molecular formula is C14H18O3S2. The Kier molecular flexibility index (Phi) is 3.12. The summed E-state index contributed by atoms with van der Waals surface area (Å²) in [6.45, 7) is 0.456. The van der Waals surface area contributed by atoms with E-state index in [4.69, 9.17) is 9.84 Å². The van der Waals surface area contributed by atoms with Crippen LogP contribution in [0, 0.1) is 17.8 Å². The zero-order valence-electron chi connectivity index (χ0n) is 10.6. The standard InChI is InChI=1S/C14H18O3S2/c15-4-1-5-17-14(16)7-6-10-11-8-2-3-9(18-8)12(11)13(7)19-10/h2-3,7-13,15H,1,4-6H2. The van der Waals surface area contributed by atoms with Crippen molar-refractivity contribution in [3.8, 4) is 0 Å². The van der Waals surface area contributed by atoms with E-state index in [0.29, 0.717) is 39.9 Å². The van der Waals surface area contributed by atoms with E-state index in [1.54, 1.807) is 0 Å². The van der Waals surface area contributed by atoms with E-state index >= 15 is 0 Å². The van der Waals surface area contributed by atoms with Gasteiger partial charge in [-0.25, -0.2) is 0 Å². The average molecular weight is 298 g/mol. The van der Waals surface area contributed by atoms with Crippen LogP contribution in [0.25, 0.3) is 0 Å². The maximum atomic E-state index is 12.2. The van der Waals surface area contributed by atoms with Gasteiger partial charge in [-0.1, -0.05) is 12.2 Å². The molecule has 3 fully saturated rings. The molecule has 104 valence electrons. The number of hydrogen-bond donors (Lipinski definition) is 1. The summed E-state index contributed by atoms with van der Waals surface area (Å²) in [6, 6.07) is 0. The third kappa shape index (κ3) is 1.81.